The van der Waals surface area contributed by atoms with Gasteiger partial charge in [0, 0.05) is 83.1 Å². The van der Waals surface area contributed by atoms with E-state index in [0.29, 0.717) is 75.9 Å². The molecule has 0 unspecified atom stereocenters. The van der Waals surface area contributed by atoms with Crippen LogP contribution in [0.3, 0.4) is 0 Å². The van der Waals surface area contributed by atoms with Gasteiger partial charge in [-0.15, -0.1) is 0 Å². The summed E-state index contributed by atoms with van der Waals surface area (Å²) in [6, 6.07) is 11.8. The first kappa shape index (κ1) is 39.8. The molecule has 290 valence electrons. The molecule has 13 heteroatoms. The van der Waals surface area contributed by atoms with E-state index in [1.54, 1.807) is 4.90 Å². The molecule has 0 saturated carbocycles. The first-order valence-corrected chi connectivity index (χ1v) is 18.9. The molecule has 2 aromatic carbocycles. The molecule has 4 heterocycles. The minimum Gasteiger partial charge on any atom is -0.507 e. The van der Waals surface area contributed by atoms with Crippen LogP contribution in [0.4, 0.5) is 15.3 Å². The Labute approximate surface area is 314 Å². The molecule has 1 atom stereocenters. The van der Waals surface area contributed by atoms with Crippen LogP contribution in [0.2, 0.25) is 0 Å². The molecule has 0 aromatic heterocycles. The third-order valence-electron chi connectivity index (χ3n) is 11.2. The van der Waals surface area contributed by atoms with Gasteiger partial charge in [0.05, 0.1) is 13.2 Å². The first-order valence-electron chi connectivity index (χ1n) is 18.9. The van der Waals surface area contributed by atoms with Crippen molar-refractivity contribution in [1.29, 1.82) is 0 Å². The van der Waals surface area contributed by atoms with Gasteiger partial charge in [0.2, 0.25) is 0 Å². The van der Waals surface area contributed by atoms with Crippen LogP contribution in [-0.2, 0) is 31.9 Å². The summed E-state index contributed by atoms with van der Waals surface area (Å²) < 4.78 is 11.2. The molecule has 4 amide bonds. The summed E-state index contributed by atoms with van der Waals surface area (Å²) in [6.07, 6.45) is 2.60. The molecule has 4 aliphatic rings. The Balaban J connectivity index is 0.00000541. The monoisotopic (exact) mass is 734 g/mol. The van der Waals surface area contributed by atoms with Gasteiger partial charge in [-0.25, -0.2) is 9.59 Å². The van der Waals surface area contributed by atoms with Crippen LogP contribution in [0, 0.1) is 13.8 Å². The van der Waals surface area contributed by atoms with Crippen molar-refractivity contribution in [2.24, 2.45) is 0 Å². The van der Waals surface area contributed by atoms with Gasteiger partial charge in [0.15, 0.2) is 6.10 Å². The average molecular weight is 735 g/mol. The zero-order valence-electron chi connectivity index (χ0n) is 30.8. The smallest absolute Gasteiger partial charge is 0.410 e. The number of ether oxygens (including phenoxy) is 2. The summed E-state index contributed by atoms with van der Waals surface area (Å²) in [5.41, 5.74) is 4.19. The number of phenolic OH excluding ortho intramolecular Hbond substituents is 1. The molecular weight excluding hydrogens is 676 g/mol. The minimum absolute atomic E-state index is 0. The molecule has 6 rings (SSSR count). The second-order valence-electron chi connectivity index (χ2n) is 14.6. The quantitative estimate of drug-likeness (QED) is 0.359. The van der Waals surface area contributed by atoms with Crippen LogP contribution in [-0.4, -0.2) is 144 Å². The number of esters is 1. The summed E-state index contributed by atoms with van der Waals surface area (Å²) in [5, 5.41) is 13.4. The van der Waals surface area contributed by atoms with Gasteiger partial charge < -0.3 is 34.6 Å². The highest BCUT2D eigenvalue weighted by Gasteiger charge is 2.36. The number of urea groups is 1. The van der Waals surface area contributed by atoms with Crippen molar-refractivity contribution < 1.29 is 33.8 Å². The lowest BCUT2D eigenvalue weighted by Crippen LogP contribution is -2.57. The van der Waals surface area contributed by atoms with Gasteiger partial charge in [-0.1, -0.05) is 37.8 Å². The largest absolute Gasteiger partial charge is 0.507 e. The fourth-order valence-corrected chi connectivity index (χ4v) is 8.19. The second kappa shape index (κ2) is 18.1. The summed E-state index contributed by atoms with van der Waals surface area (Å²) in [5.74, 6) is -0.174. The van der Waals surface area contributed by atoms with E-state index in [0.717, 1.165) is 62.3 Å². The lowest BCUT2D eigenvalue weighted by atomic mass is 10.00. The van der Waals surface area contributed by atoms with E-state index < -0.39 is 12.2 Å². The third-order valence-corrected chi connectivity index (χ3v) is 11.2. The van der Waals surface area contributed by atoms with E-state index in [2.05, 4.69) is 15.1 Å². The number of hydrogen-bond acceptors (Lipinski definition) is 9. The topological polar surface area (TPSA) is 135 Å². The lowest BCUT2D eigenvalue weighted by Gasteiger charge is -2.43. The minimum atomic E-state index is -1.01. The van der Waals surface area contributed by atoms with E-state index >= 15 is 0 Å². The van der Waals surface area contributed by atoms with Crippen LogP contribution < -0.4 is 5.32 Å². The van der Waals surface area contributed by atoms with Crippen LogP contribution >= 0.6 is 0 Å². The highest BCUT2D eigenvalue weighted by molar-refractivity contribution is 5.91. The van der Waals surface area contributed by atoms with Gasteiger partial charge in [0.1, 0.15) is 5.75 Å². The van der Waals surface area contributed by atoms with Crippen molar-refractivity contribution in [3.8, 4) is 5.75 Å². The molecule has 0 radical (unpaired) electrons. The number of carbonyl (C=O) groups is 4. The van der Waals surface area contributed by atoms with Crippen molar-refractivity contribution in [3.63, 3.8) is 0 Å². The Morgan fingerprint density at radius 1 is 0.868 bits per heavy atom. The Hall–Kier alpha value is -4.36. The number of carbonyl (C=O) groups excluding carboxylic acids is 4. The van der Waals surface area contributed by atoms with Crippen molar-refractivity contribution in [2.75, 3.05) is 77.4 Å². The summed E-state index contributed by atoms with van der Waals surface area (Å²) >= 11 is 0. The number of aromatic hydroxyl groups is 1. The lowest BCUT2D eigenvalue weighted by molar-refractivity contribution is -0.144. The van der Waals surface area contributed by atoms with Gasteiger partial charge in [-0.3, -0.25) is 19.4 Å². The number of fused-ring (bicyclic) bond motifs is 1. The fourth-order valence-electron chi connectivity index (χ4n) is 8.19. The average Bonchev–Trinajstić information content (AvgIpc) is 3.31. The molecule has 3 saturated heterocycles. The van der Waals surface area contributed by atoms with Crippen LogP contribution in [0.25, 0.3) is 0 Å². The third kappa shape index (κ3) is 9.80. The van der Waals surface area contributed by atoms with Crippen LogP contribution in [0.15, 0.2) is 36.4 Å². The molecule has 53 heavy (non-hydrogen) atoms. The summed E-state index contributed by atoms with van der Waals surface area (Å²) in [6.45, 7) is 11.9. The highest BCUT2D eigenvalue weighted by Crippen LogP contribution is 2.27. The van der Waals surface area contributed by atoms with Gasteiger partial charge >= 0.3 is 18.1 Å². The number of benzene rings is 2. The van der Waals surface area contributed by atoms with Crippen molar-refractivity contribution in [1.82, 2.24) is 24.5 Å². The predicted octanol–water partition coefficient (Wildman–Crippen LogP) is 4.42. The number of para-hydroxylation sites is 1. The summed E-state index contributed by atoms with van der Waals surface area (Å²) in [7, 11) is 0. The molecule has 13 nitrogen and oxygen atoms in total. The summed E-state index contributed by atoms with van der Waals surface area (Å²) in [4.78, 5) is 62.8. The van der Waals surface area contributed by atoms with E-state index in [4.69, 9.17) is 9.47 Å². The van der Waals surface area contributed by atoms with Gasteiger partial charge in [-0.2, -0.15) is 0 Å². The predicted molar refractivity (Wildman–Crippen MR) is 203 cm³/mol. The van der Waals surface area contributed by atoms with Gasteiger partial charge in [-0.05, 0) is 81.2 Å². The van der Waals surface area contributed by atoms with E-state index in [-0.39, 0.29) is 43.5 Å². The van der Waals surface area contributed by atoms with Crippen LogP contribution in [0.1, 0.15) is 62.3 Å². The number of amides is 4. The Kier molecular flexibility index (Phi) is 13.6. The SMILES string of the molecule is C.CCOC(=O)CN1CCC(N2CCN(C(=O)[C@@H](Cc3cc(C)c(O)c(C)c3)OC(=O)N3CCC(N4CCc5ccccc5NC4=O)CC3)CC2)CC1. The number of hydrogen-bond donors (Lipinski definition) is 2. The molecule has 0 bridgehead atoms. The number of nitrogens with zero attached hydrogens (tertiary/aromatic N) is 5. The highest BCUT2D eigenvalue weighted by atomic mass is 16.6. The molecule has 0 spiro atoms. The van der Waals surface area contributed by atoms with Crippen LogP contribution in [0.5, 0.6) is 5.75 Å². The normalized spacial score (nSPS) is 19.8. The Morgan fingerprint density at radius 3 is 2.17 bits per heavy atom. The molecule has 3 fully saturated rings. The maximum absolute atomic E-state index is 14.1. The van der Waals surface area contributed by atoms with Gasteiger partial charge in [0.25, 0.3) is 5.91 Å². The second-order valence-corrected chi connectivity index (χ2v) is 14.6. The molecular formula is C40H58N6O7. The number of nitrogens with one attached hydrogen (secondary N) is 1. The molecule has 4 aliphatic heterocycles. The van der Waals surface area contributed by atoms with E-state index in [1.165, 1.54) is 0 Å². The van der Waals surface area contributed by atoms with E-state index in [1.807, 2.05) is 67.0 Å². The zero-order chi connectivity index (χ0) is 36.8. The van der Waals surface area contributed by atoms with Crippen molar-refractivity contribution in [3.05, 3.63) is 58.7 Å². The molecule has 2 N–H and O–H groups in total. The number of anilines is 1. The Morgan fingerprint density at radius 2 is 1.51 bits per heavy atom. The fraction of sp³-hybridized carbons (Fsp3) is 0.600. The van der Waals surface area contributed by atoms with Crippen molar-refractivity contribution in [2.45, 2.75) is 84.9 Å². The number of phenols is 1. The standard InChI is InChI=1S/C39H54N6O7.CH4/c1-4-51-35(46)26-41-14-10-31(11-15-41)42-19-21-43(22-20-42)37(48)34(25-29-23-27(2)36(47)28(3)24-29)52-39(50)44-16-12-32(13-17-44)45-18-9-30-7-5-6-8-33(30)40-38(45)49;/h5-8,23-24,31-32,34,47H,4,9-22,25-26H2,1-3H3,(H,40,49);1H4/t34-;/m1./s1. The first-order chi connectivity index (χ1) is 25.1. The number of likely N-dealkylation sites (tertiary alicyclic amines) is 2. The molecule has 0 aliphatic carbocycles. The number of aryl methyl sites for hydroxylation is 2. The maximum atomic E-state index is 14.1. The zero-order valence-corrected chi connectivity index (χ0v) is 30.8. The Bertz CT molecular complexity index is 1570. The molecule has 2 aromatic rings. The maximum Gasteiger partial charge on any atom is 0.410 e. The number of piperazine rings is 1. The van der Waals surface area contributed by atoms with Crippen molar-refractivity contribution >= 4 is 29.7 Å². The number of rotatable bonds is 9. The van der Waals surface area contributed by atoms with E-state index in [9.17, 15) is 24.3 Å². The number of piperidine rings is 2.